The number of fused-ring (bicyclic) bond motifs is 2. The Morgan fingerprint density at radius 1 is 1.17 bits per heavy atom. The second-order valence-corrected chi connectivity index (χ2v) is 6.53. The highest BCUT2D eigenvalue weighted by Gasteiger charge is 2.41. The van der Waals surface area contributed by atoms with Gasteiger partial charge >= 0.3 is 0 Å². The van der Waals surface area contributed by atoms with E-state index in [0.29, 0.717) is 17.9 Å². The van der Waals surface area contributed by atoms with Crippen LogP contribution in [0.2, 0.25) is 0 Å². The van der Waals surface area contributed by atoms with Crippen molar-refractivity contribution in [3.05, 3.63) is 36.2 Å². The van der Waals surface area contributed by atoms with E-state index in [9.17, 15) is 5.11 Å². The smallest absolute Gasteiger partial charge is 0.180 e. The van der Waals surface area contributed by atoms with Crippen molar-refractivity contribution < 1.29 is 5.11 Å². The molecule has 0 saturated carbocycles. The largest absolute Gasteiger partial charge is 0.393 e. The number of aryl methyl sites for hydroxylation is 1. The normalized spacial score (nSPS) is 26.5. The third-order valence-corrected chi connectivity index (χ3v) is 4.99. The number of aromatic nitrogens is 3. The zero-order chi connectivity index (χ0) is 15.8. The highest BCUT2D eigenvalue weighted by molar-refractivity contribution is 5.55. The van der Waals surface area contributed by atoms with Crippen molar-refractivity contribution in [3.8, 4) is 11.5 Å². The van der Waals surface area contributed by atoms with Crippen molar-refractivity contribution in [1.82, 2.24) is 15.0 Å². The molecule has 2 fully saturated rings. The summed E-state index contributed by atoms with van der Waals surface area (Å²) < 4.78 is 0. The lowest BCUT2D eigenvalue weighted by molar-refractivity contribution is 0.126. The predicted molar refractivity (Wildman–Crippen MR) is 89.2 cm³/mol. The lowest BCUT2D eigenvalue weighted by atomic mass is 10.00. The molecule has 2 aromatic heterocycles. The van der Waals surface area contributed by atoms with E-state index in [1.807, 2.05) is 18.2 Å². The van der Waals surface area contributed by atoms with Crippen molar-refractivity contribution in [2.45, 2.75) is 57.2 Å². The molecule has 2 aliphatic rings. The number of nitrogens with zero attached hydrogens (tertiary/aromatic N) is 4. The minimum absolute atomic E-state index is 0.161. The highest BCUT2D eigenvalue weighted by Crippen LogP contribution is 2.39. The molecule has 4 rings (SSSR count). The van der Waals surface area contributed by atoms with E-state index in [1.165, 1.54) is 0 Å². The van der Waals surface area contributed by atoms with Gasteiger partial charge in [-0.3, -0.25) is 4.98 Å². The van der Waals surface area contributed by atoms with Gasteiger partial charge in [0.05, 0.1) is 6.10 Å². The van der Waals surface area contributed by atoms with Gasteiger partial charge in [0, 0.05) is 30.0 Å². The Morgan fingerprint density at radius 3 is 2.61 bits per heavy atom. The Labute approximate surface area is 136 Å². The van der Waals surface area contributed by atoms with Gasteiger partial charge in [-0.05, 0) is 44.2 Å². The molecule has 2 aliphatic heterocycles. The molecule has 2 unspecified atom stereocenters. The SMILES string of the molecule is CCc1cc(N2C3CCC2CC(O)C3)nc(-c2ccccn2)n1. The summed E-state index contributed by atoms with van der Waals surface area (Å²) in [5, 5.41) is 10.0. The van der Waals surface area contributed by atoms with E-state index >= 15 is 0 Å². The average molecular weight is 310 g/mol. The molecule has 120 valence electrons. The second kappa shape index (κ2) is 5.89. The molecule has 1 N–H and O–H groups in total. The monoisotopic (exact) mass is 310 g/mol. The average Bonchev–Trinajstić information content (AvgIpc) is 2.87. The number of rotatable bonds is 3. The second-order valence-electron chi connectivity index (χ2n) is 6.53. The lowest BCUT2D eigenvalue weighted by Gasteiger charge is -2.38. The van der Waals surface area contributed by atoms with E-state index < -0.39 is 0 Å². The first-order valence-corrected chi connectivity index (χ1v) is 8.50. The third-order valence-electron chi connectivity index (χ3n) is 4.99. The molecule has 4 heterocycles. The summed E-state index contributed by atoms with van der Waals surface area (Å²) in [6, 6.07) is 8.73. The first-order valence-electron chi connectivity index (χ1n) is 8.50. The van der Waals surface area contributed by atoms with Gasteiger partial charge in [-0.1, -0.05) is 13.0 Å². The molecule has 2 bridgehead atoms. The maximum atomic E-state index is 10.0. The molecule has 5 nitrogen and oxygen atoms in total. The summed E-state index contributed by atoms with van der Waals surface area (Å²) in [5.41, 5.74) is 1.86. The van der Waals surface area contributed by atoms with Crippen LogP contribution in [0.3, 0.4) is 0 Å². The van der Waals surface area contributed by atoms with Crippen molar-refractivity contribution in [2.24, 2.45) is 0 Å². The predicted octanol–water partition coefficient (Wildman–Crippen LogP) is 2.59. The standard InChI is InChI=1S/C18H22N4O/c1-2-12-9-17(21-18(20-12)16-5-3-4-8-19-16)22-13-6-7-14(22)11-15(23)10-13/h3-5,8-9,13-15,23H,2,6-7,10-11H2,1H3. The van der Waals surface area contributed by atoms with Crippen LogP contribution >= 0.6 is 0 Å². The van der Waals surface area contributed by atoms with Crippen molar-refractivity contribution in [1.29, 1.82) is 0 Å². The molecule has 2 saturated heterocycles. The van der Waals surface area contributed by atoms with Gasteiger partial charge in [-0.25, -0.2) is 9.97 Å². The number of hydrogen-bond donors (Lipinski definition) is 1. The molecular weight excluding hydrogens is 288 g/mol. The number of hydrogen-bond acceptors (Lipinski definition) is 5. The molecule has 0 aliphatic carbocycles. The van der Waals surface area contributed by atoms with Gasteiger partial charge in [0.15, 0.2) is 5.82 Å². The Morgan fingerprint density at radius 2 is 1.96 bits per heavy atom. The fourth-order valence-electron chi connectivity index (χ4n) is 3.93. The highest BCUT2D eigenvalue weighted by atomic mass is 16.3. The Balaban J connectivity index is 1.74. The Kier molecular flexibility index (Phi) is 3.73. The molecule has 2 atom stereocenters. The van der Waals surface area contributed by atoms with Crippen molar-refractivity contribution in [2.75, 3.05) is 4.90 Å². The summed E-state index contributed by atoms with van der Waals surface area (Å²) in [7, 11) is 0. The van der Waals surface area contributed by atoms with E-state index in [-0.39, 0.29) is 6.10 Å². The Bertz CT molecular complexity index is 677. The summed E-state index contributed by atoms with van der Waals surface area (Å²) in [5.74, 6) is 1.70. The van der Waals surface area contributed by atoms with Crippen LogP contribution in [0.15, 0.2) is 30.5 Å². The minimum atomic E-state index is -0.161. The Hall–Kier alpha value is -2.01. The molecule has 23 heavy (non-hydrogen) atoms. The molecule has 5 heteroatoms. The summed E-state index contributed by atoms with van der Waals surface area (Å²) in [6.07, 6.45) is 6.48. The quantitative estimate of drug-likeness (QED) is 0.944. The van der Waals surface area contributed by atoms with Crippen LogP contribution in [0.1, 0.15) is 38.3 Å². The van der Waals surface area contributed by atoms with Crippen LogP contribution in [0.4, 0.5) is 5.82 Å². The minimum Gasteiger partial charge on any atom is -0.393 e. The van der Waals surface area contributed by atoms with Crippen LogP contribution in [0.5, 0.6) is 0 Å². The van der Waals surface area contributed by atoms with Gasteiger partial charge in [-0.2, -0.15) is 0 Å². The first kappa shape index (κ1) is 14.6. The van der Waals surface area contributed by atoms with Crippen LogP contribution in [-0.2, 0) is 6.42 Å². The van der Waals surface area contributed by atoms with Gasteiger partial charge < -0.3 is 10.0 Å². The third kappa shape index (κ3) is 2.70. The van der Waals surface area contributed by atoms with Gasteiger partial charge in [0.2, 0.25) is 0 Å². The summed E-state index contributed by atoms with van der Waals surface area (Å²) in [6.45, 7) is 2.11. The van der Waals surface area contributed by atoms with Gasteiger partial charge in [0.1, 0.15) is 11.5 Å². The zero-order valence-corrected chi connectivity index (χ0v) is 13.4. The van der Waals surface area contributed by atoms with Gasteiger partial charge in [0.25, 0.3) is 0 Å². The molecule has 0 aromatic carbocycles. The molecule has 0 spiro atoms. The maximum absolute atomic E-state index is 10.0. The molecule has 2 aromatic rings. The lowest BCUT2D eigenvalue weighted by Crippen LogP contribution is -2.45. The van der Waals surface area contributed by atoms with Crippen LogP contribution in [-0.4, -0.2) is 38.2 Å². The molecule has 0 radical (unpaired) electrons. The van der Waals surface area contributed by atoms with Crippen LogP contribution in [0.25, 0.3) is 11.5 Å². The van der Waals surface area contributed by atoms with E-state index in [4.69, 9.17) is 4.98 Å². The number of anilines is 1. The number of piperidine rings is 1. The topological polar surface area (TPSA) is 62.1 Å². The summed E-state index contributed by atoms with van der Waals surface area (Å²) in [4.78, 5) is 16.3. The fourth-order valence-corrected chi connectivity index (χ4v) is 3.93. The first-order chi connectivity index (χ1) is 11.2. The number of aliphatic hydroxyl groups is 1. The van der Waals surface area contributed by atoms with Crippen LogP contribution < -0.4 is 4.90 Å². The van der Waals surface area contributed by atoms with Crippen molar-refractivity contribution in [3.63, 3.8) is 0 Å². The number of aliphatic hydroxyl groups excluding tert-OH is 1. The number of pyridine rings is 1. The molecule has 0 amide bonds. The van der Waals surface area contributed by atoms with E-state index in [1.54, 1.807) is 6.20 Å². The summed E-state index contributed by atoms with van der Waals surface area (Å²) >= 11 is 0. The van der Waals surface area contributed by atoms with Gasteiger partial charge in [-0.15, -0.1) is 0 Å². The van der Waals surface area contributed by atoms with Crippen LogP contribution in [0, 0.1) is 0 Å². The van der Waals surface area contributed by atoms with E-state index in [0.717, 1.165) is 49.3 Å². The van der Waals surface area contributed by atoms with E-state index in [2.05, 4.69) is 27.9 Å². The zero-order valence-electron chi connectivity index (χ0n) is 13.4. The molecular formula is C18H22N4O. The maximum Gasteiger partial charge on any atom is 0.180 e. The fraction of sp³-hybridized carbons (Fsp3) is 0.500. The van der Waals surface area contributed by atoms with Crippen molar-refractivity contribution >= 4 is 5.82 Å².